The van der Waals surface area contributed by atoms with Crippen LogP contribution in [0.1, 0.15) is 30.9 Å². The molecule has 1 fully saturated rings. The van der Waals surface area contributed by atoms with E-state index < -0.39 is 10.0 Å². The van der Waals surface area contributed by atoms with Crippen LogP contribution in [0.5, 0.6) is 0 Å². The molecule has 0 aliphatic carbocycles. The van der Waals surface area contributed by atoms with Gasteiger partial charge >= 0.3 is 0 Å². The predicted octanol–water partition coefficient (Wildman–Crippen LogP) is 1.63. The van der Waals surface area contributed by atoms with Gasteiger partial charge in [-0.2, -0.15) is 5.26 Å². The largest absolute Gasteiger partial charge is 0.304 e. The fourth-order valence-electron chi connectivity index (χ4n) is 2.64. The van der Waals surface area contributed by atoms with E-state index >= 15 is 0 Å². The molecule has 0 radical (unpaired) electrons. The Hall–Kier alpha value is -1.42. The van der Waals surface area contributed by atoms with Crippen molar-refractivity contribution in [2.75, 3.05) is 13.6 Å². The average molecular weight is 307 g/mol. The lowest BCUT2D eigenvalue weighted by Gasteiger charge is -2.35. The maximum absolute atomic E-state index is 12.5. The Morgan fingerprint density at radius 3 is 2.76 bits per heavy atom. The lowest BCUT2D eigenvalue weighted by Crippen LogP contribution is -2.47. The summed E-state index contributed by atoms with van der Waals surface area (Å²) < 4.78 is 27.9. The summed E-state index contributed by atoms with van der Waals surface area (Å²) >= 11 is 0. The highest BCUT2D eigenvalue weighted by Crippen LogP contribution is 2.21. The third kappa shape index (κ3) is 3.62. The predicted molar refractivity (Wildman–Crippen MR) is 81.3 cm³/mol. The summed E-state index contributed by atoms with van der Waals surface area (Å²) in [5.41, 5.74) is 1.01. The van der Waals surface area contributed by atoms with Gasteiger partial charge in [-0.25, -0.2) is 13.1 Å². The first-order valence-corrected chi connectivity index (χ1v) is 8.55. The highest BCUT2D eigenvalue weighted by atomic mass is 32.2. The quantitative estimate of drug-likeness (QED) is 0.921. The Morgan fingerprint density at radius 1 is 1.43 bits per heavy atom. The second kappa shape index (κ2) is 6.14. The molecule has 0 spiro atoms. The van der Waals surface area contributed by atoms with Gasteiger partial charge in [-0.15, -0.1) is 0 Å². The van der Waals surface area contributed by atoms with Crippen LogP contribution in [0.15, 0.2) is 23.1 Å². The highest BCUT2D eigenvalue weighted by Gasteiger charge is 2.27. The average Bonchev–Trinajstić information content (AvgIpc) is 2.43. The van der Waals surface area contributed by atoms with E-state index in [1.165, 1.54) is 6.07 Å². The van der Waals surface area contributed by atoms with Crippen molar-refractivity contribution in [3.63, 3.8) is 0 Å². The van der Waals surface area contributed by atoms with E-state index in [9.17, 15) is 8.42 Å². The first kappa shape index (κ1) is 16.0. The van der Waals surface area contributed by atoms with Gasteiger partial charge in [-0.1, -0.05) is 6.07 Å². The molecule has 2 atom stereocenters. The van der Waals surface area contributed by atoms with E-state index in [0.29, 0.717) is 17.2 Å². The van der Waals surface area contributed by atoms with E-state index in [0.717, 1.165) is 19.4 Å². The number of nitrogens with one attached hydrogen (secondary N) is 1. The van der Waals surface area contributed by atoms with Crippen LogP contribution in [-0.4, -0.2) is 39.0 Å². The molecule has 5 nitrogen and oxygen atoms in total. The maximum Gasteiger partial charge on any atom is 0.241 e. The molecule has 1 aromatic carbocycles. The van der Waals surface area contributed by atoms with Crippen molar-refractivity contribution in [3.8, 4) is 6.07 Å². The second-order valence-corrected chi connectivity index (χ2v) is 7.45. The molecule has 1 aliphatic rings. The van der Waals surface area contributed by atoms with Crippen molar-refractivity contribution in [2.24, 2.45) is 0 Å². The minimum Gasteiger partial charge on any atom is -0.304 e. The molecule has 2 unspecified atom stereocenters. The number of benzene rings is 1. The summed E-state index contributed by atoms with van der Waals surface area (Å²) in [7, 11) is -1.53. The Kier molecular flexibility index (Phi) is 4.67. The monoisotopic (exact) mass is 307 g/mol. The van der Waals surface area contributed by atoms with Crippen molar-refractivity contribution >= 4 is 10.0 Å². The number of hydrogen-bond acceptors (Lipinski definition) is 4. The van der Waals surface area contributed by atoms with Gasteiger partial charge in [0.05, 0.1) is 16.5 Å². The van der Waals surface area contributed by atoms with Gasteiger partial charge in [0, 0.05) is 12.1 Å². The zero-order chi connectivity index (χ0) is 15.6. The molecule has 1 aliphatic heterocycles. The van der Waals surface area contributed by atoms with E-state index in [4.69, 9.17) is 5.26 Å². The van der Waals surface area contributed by atoms with E-state index in [1.807, 2.05) is 6.07 Å². The normalized spacial score (nSPS) is 23.7. The molecule has 1 heterocycles. The van der Waals surface area contributed by atoms with Crippen molar-refractivity contribution in [1.29, 1.82) is 5.26 Å². The smallest absolute Gasteiger partial charge is 0.241 e. The molecule has 114 valence electrons. The fraction of sp³-hybridized carbons (Fsp3) is 0.533. The van der Waals surface area contributed by atoms with Crippen LogP contribution in [0.2, 0.25) is 0 Å². The number of nitrogens with zero attached hydrogens (tertiary/aromatic N) is 2. The first-order chi connectivity index (χ1) is 9.83. The first-order valence-electron chi connectivity index (χ1n) is 7.07. The fourth-order valence-corrected chi connectivity index (χ4v) is 4.19. The molecule has 0 bridgehead atoms. The van der Waals surface area contributed by atoms with E-state index in [2.05, 4.69) is 23.6 Å². The van der Waals surface area contributed by atoms with Gasteiger partial charge < -0.3 is 4.90 Å². The lowest BCUT2D eigenvalue weighted by atomic mass is 10.0. The van der Waals surface area contributed by atoms with Crippen molar-refractivity contribution in [2.45, 2.75) is 43.7 Å². The van der Waals surface area contributed by atoms with Crippen molar-refractivity contribution < 1.29 is 8.42 Å². The molecule has 1 aromatic rings. The minimum atomic E-state index is -3.58. The maximum atomic E-state index is 12.5. The molecule has 2 rings (SSSR count). The molecular weight excluding hydrogens is 286 g/mol. The summed E-state index contributed by atoms with van der Waals surface area (Å²) in [6.45, 7) is 4.72. The van der Waals surface area contributed by atoms with E-state index in [-0.39, 0.29) is 10.9 Å². The summed E-state index contributed by atoms with van der Waals surface area (Å²) in [6.07, 6.45) is 1.60. The van der Waals surface area contributed by atoms with E-state index in [1.54, 1.807) is 19.1 Å². The van der Waals surface area contributed by atoms with Gasteiger partial charge in [0.2, 0.25) is 10.0 Å². The van der Waals surface area contributed by atoms with Gasteiger partial charge in [0.15, 0.2) is 0 Å². The SMILES string of the molecule is Cc1ccc(C#N)cc1S(=O)(=O)NC1CCN(C)C(C)C1. The van der Waals surface area contributed by atoms with Crippen LogP contribution in [0, 0.1) is 18.3 Å². The van der Waals surface area contributed by atoms with Crippen molar-refractivity contribution in [3.05, 3.63) is 29.3 Å². The topological polar surface area (TPSA) is 73.2 Å². The number of piperidine rings is 1. The molecule has 0 saturated carbocycles. The summed E-state index contributed by atoms with van der Waals surface area (Å²) in [5.74, 6) is 0. The van der Waals surface area contributed by atoms with Crippen LogP contribution in [-0.2, 0) is 10.0 Å². The van der Waals surface area contributed by atoms with Crippen LogP contribution in [0.4, 0.5) is 0 Å². The third-order valence-corrected chi connectivity index (χ3v) is 5.80. The van der Waals surface area contributed by atoms with Gasteiger partial charge in [-0.05, 0) is 58.0 Å². The number of nitriles is 1. The number of rotatable bonds is 3. The molecule has 6 heteroatoms. The van der Waals surface area contributed by atoms with Gasteiger partial charge in [0.1, 0.15) is 0 Å². The Balaban J connectivity index is 2.21. The van der Waals surface area contributed by atoms with Crippen LogP contribution >= 0.6 is 0 Å². The second-order valence-electron chi connectivity index (χ2n) is 5.76. The number of sulfonamides is 1. The minimum absolute atomic E-state index is 0.0497. The summed E-state index contributed by atoms with van der Waals surface area (Å²) in [4.78, 5) is 2.43. The molecular formula is C15H21N3O2S. The molecule has 21 heavy (non-hydrogen) atoms. The summed E-state index contributed by atoms with van der Waals surface area (Å²) in [6, 6.07) is 7.04. The zero-order valence-corrected chi connectivity index (χ0v) is 13.4. The molecule has 1 N–H and O–H groups in total. The zero-order valence-electron chi connectivity index (χ0n) is 12.6. The molecule has 0 amide bonds. The number of aryl methyl sites for hydroxylation is 1. The number of hydrogen-bond donors (Lipinski definition) is 1. The summed E-state index contributed by atoms with van der Waals surface area (Å²) in [5, 5.41) is 8.93. The standard InChI is InChI=1S/C15H21N3O2S/c1-11-4-5-13(10-16)9-15(11)21(19,20)17-14-6-7-18(3)12(2)8-14/h4-5,9,12,14,17H,6-8H2,1-3H3. The third-order valence-electron chi connectivity index (χ3n) is 4.14. The highest BCUT2D eigenvalue weighted by molar-refractivity contribution is 7.89. The number of likely N-dealkylation sites (tertiary alicyclic amines) is 1. The molecule has 0 aromatic heterocycles. The van der Waals surface area contributed by atoms with Crippen molar-refractivity contribution in [1.82, 2.24) is 9.62 Å². The Bertz CT molecular complexity index is 664. The van der Waals surface area contributed by atoms with Crippen LogP contribution in [0.3, 0.4) is 0 Å². The Morgan fingerprint density at radius 2 is 2.14 bits per heavy atom. The van der Waals surface area contributed by atoms with Gasteiger partial charge in [-0.3, -0.25) is 0 Å². The van der Waals surface area contributed by atoms with Gasteiger partial charge in [0.25, 0.3) is 0 Å². The Labute approximate surface area is 126 Å². The lowest BCUT2D eigenvalue weighted by molar-refractivity contribution is 0.178. The molecule has 1 saturated heterocycles. The van der Waals surface area contributed by atoms with Crippen LogP contribution in [0.25, 0.3) is 0 Å². The van der Waals surface area contributed by atoms with Crippen LogP contribution < -0.4 is 4.72 Å².